The average Bonchev–Trinajstić information content (AvgIpc) is 2.53. The van der Waals surface area contributed by atoms with Gasteiger partial charge >= 0.3 is 0 Å². The predicted octanol–water partition coefficient (Wildman–Crippen LogP) is 1.32. The molecule has 1 fully saturated rings. The van der Waals surface area contributed by atoms with E-state index in [0.29, 0.717) is 18.0 Å². The van der Waals surface area contributed by atoms with E-state index in [9.17, 15) is 9.59 Å². The molecule has 120 valence electrons. The highest BCUT2D eigenvalue weighted by Gasteiger charge is 2.24. The van der Waals surface area contributed by atoms with Gasteiger partial charge < -0.3 is 16.0 Å². The van der Waals surface area contributed by atoms with Crippen LogP contribution in [0.4, 0.5) is 0 Å². The molecule has 0 aromatic heterocycles. The number of nitrogens with one attached hydrogen (secondary N) is 1. The summed E-state index contributed by atoms with van der Waals surface area (Å²) in [5, 5.41) is 3.34. The van der Waals surface area contributed by atoms with Gasteiger partial charge in [0, 0.05) is 18.2 Å². The Balaban J connectivity index is 2.01. The molecule has 0 bridgehead atoms. The van der Waals surface area contributed by atoms with E-state index in [1.54, 1.807) is 12.1 Å². The first-order valence-corrected chi connectivity index (χ1v) is 8.00. The van der Waals surface area contributed by atoms with Crippen LogP contribution < -0.4 is 11.1 Å². The maximum absolute atomic E-state index is 12.6. The Morgan fingerprint density at radius 3 is 2.41 bits per heavy atom. The molecule has 0 unspecified atom stereocenters. The van der Waals surface area contributed by atoms with Crippen LogP contribution in [-0.2, 0) is 11.2 Å². The van der Waals surface area contributed by atoms with Crippen molar-refractivity contribution >= 4 is 11.8 Å². The molecule has 1 saturated heterocycles. The maximum Gasteiger partial charge on any atom is 0.248 e. The summed E-state index contributed by atoms with van der Waals surface area (Å²) in [7, 11) is 0. The second-order valence-electron chi connectivity index (χ2n) is 5.81. The van der Waals surface area contributed by atoms with Crippen molar-refractivity contribution in [1.82, 2.24) is 10.2 Å². The number of amides is 2. The summed E-state index contributed by atoms with van der Waals surface area (Å²) < 4.78 is 0. The van der Waals surface area contributed by atoms with Crippen molar-refractivity contribution in [1.29, 1.82) is 0 Å². The number of benzene rings is 1. The fraction of sp³-hybridized carbons (Fsp3) is 0.529. The Kier molecular flexibility index (Phi) is 5.95. The maximum atomic E-state index is 12.6. The molecule has 1 aliphatic rings. The lowest BCUT2D eigenvalue weighted by Crippen LogP contribution is -2.47. The van der Waals surface area contributed by atoms with Gasteiger partial charge in [-0.2, -0.15) is 0 Å². The Labute approximate surface area is 131 Å². The van der Waals surface area contributed by atoms with Crippen molar-refractivity contribution in [2.75, 3.05) is 19.6 Å². The van der Waals surface area contributed by atoms with Crippen molar-refractivity contribution in [2.24, 2.45) is 5.73 Å². The average molecular weight is 303 g/mol. The lowest BCUT2D eigenvalue weighted by molar-refractivity contribution is -0.133. The van der Waals surface area contributed by atoms with Crippen LogP contribution in [0.3, 0.4) is 0 Å². The van der Waals surface area contributed by atoms with Gasteiger partial charge in [-0.3, -0.25) is 9.59 Å². The van der Waals surface area contributed by atoms with Crippen LogP contribution in [0.25, 0.3) is 0 Å². The first-order chi connectivity index (χ1) is 10.6. The van der Waals surface area contributed by atoms with E-state index in [4.69, 9.17) is 5.73 Å². The summed E-state index contributed by atoms with van der Waals surface area (Å²) in [6.45, 7) is 4.86. The number of hydrogen-bond acceptors (Lipinski definition) is 3. The molecular weight excluding hydrogens is 278 g/mol. The molecule has 2 amide bonds. The van der Waals surface area contributed by atoms with E-state index < -0.39 is 5.91 Å². The molecule has 0 aliphatic carbocycles. The van der Waals surface area contributed by atoms with Crippen molar-refractivity contribution < 1.29 is 9.59 Å². The fourth-order valence-electron chi connectivity index (χ4n) is 2.93. The number of rotatable bonds is 6. The van der Waals surface area contributed by atoms with Gasteiger partial charge in [-0.05, 0) is 50.0 Å². The number of nitrogens with two attached hydrogens (primary N) is 1. The van der Waals surface area contributed by atoms with E-state index in [1.807, 2.05) is 17.0 Å². The lowest BCUT2D eigenvalue weighted by Gasteiger charge is -2.34. The molecule has 1 aromatic carbocycles. The minimum atomic E-state index is -0.444. The van der Waals surface area contributed by atoms with E-state index in [2.05, 4.69) is 12.2 Å². The zero-order chi connectivity index (χ0) is 15.9. The van der Waals surface area contributed by atoms with Gasteiger partial charge in [0.15, 0.2) is 0 Å². The SMILES string of the molecule is CCCN(C(=O)Cc1ccc(C(N)=O)cc1)C1CCNCC1. The van der Waals surface area contributed by atoms with Crippen LogP contribution in [0.5, 0.6) is 0 Å². The van der Waals surface area contributed by atoms with Gasteiger partial charge in [-0.15, -0.1) is 0 Å². The molecule has 1 aliphatic heterocycles. The summed E-state index contributed by atoms with van der Waals surface area (Å²) in [4.78, 5) is 25.7. The fourth-order valence-corrected chi connectivity index (χ4v) is 2.93. The predicted molar refractivity (Wildman–Crippen MR) is 86.6 cm³/mol. The number of carbonyl (C=O) groups excluding carboxylic acids is 2. The molecule has 0 radical (unpaired) electrons. The molecule has 1 heterocycles. The number of piperidine rings is 1. The Bertz CT molecular complexity index is 507. The molecule has 0 atom stereocenters. The van der Waals surface area contributed by atoms with E-state index in [1.165, 1.54) is 0 Å². The summed E-state index contributed by atoms with van der Waals surface area (Å²) in [6, 6.07) is 7.33. The molecule has 0 saturated carbocycles. The van der Waals surface area contributed by atoms with Gasteiger partial charge in [0.05, 0.1) is 6.42 Å². The number of primary amides is 1. The Hall–Kier alpha value is -1.88. The molecule has 3 N–H and O–H groups in total. The van der Waals surface area contributed by atoms with Gasteiger partial charge in [0.25, 0.3) is 0 Å². The zero-order valence-corrected chi connectivity index (χ0v) is 13.2. The first kappa shape index (κ1) is 16.5. The van der Waals surface area contributed by atoms with E-state index >= 15 is 0 Å². The minimum absolute atomic E-state index is 0.167. The van der Waals surface area contributed by atoms with Crippen LogP contribution in [0, 0.1) is 0 Å². The van der Waals surface area contributed by atoms with Crippen molar-refractivity contribution in [3.63, 3.8) is 0 Å². The van der Waals surface area contributed by atoms with Gasteiger partial charge in [0.2, 0.25) is 11.8 Å². The number of hydrogen-bond donors (Lipinski definition) is 2. The smallest absolute Gasteiger partial charge is 0.248 e. The van der Waals surface area contributed by atoms with Crippen molar-refractivity contribution in [3.05, 3.63) is 35.4 Å². The summed E-state index contributed by atoms with van der Waals surface area (Å²) in [6.07, 6.45) is 3.39. The quantitative estimate of drug-likeness (QED) is 0.832. The van der Waals surface area contributed by atoms with Crippen LogP contribution in [0.15, 0.2) is 24.3 Å². The highest BCUT2D eigenvalue weighted by Crippen LogP contribution is 2.15. The molecule has 1 aromatic rings. The normalized spacial score (nSPS) is 15.5. The first-order valence-electron chi connectivity index (χ1n) is 8.00. The zero-order valence-electron chi connectivity index (χ0n) is 13.2. The van der Waals surface area contributed by atoms with Crippen LogP contribution in [0.2, 0.25) is 0 Å². The Morgan fingerprint density at radius 2 is 1.86 bits per heavy atom. The van der Waals surface area contributed by atoms with Crippen LogP contribution >= 0.6 is 0 Å². The highest BCUT2D eigenvalue weighted by atomic mass is 16.2. The summed E-state index contributed by atoms with van der Waals surface area (Å²) >= 11 is 0. The third-order valence-corrected chi connectivity index (χ3v) is 4.13. The Morgan fingerprint density at radius 1 is 1.23 bits per heavy atom. The second-order valence-corrected chi connectivity index (χ2v) is 5.81. The lowest BCUT2D eigenvalue weighted by atomic mass is 10.0. The topological polar surface area (TPSA) is 75.4 Å². The van der Waals surface area contributed by atoms with Crippen molar-refractivity contribution in [3.8, 4) is 0 Å². The standard InChI is InChI=1S/C17H25N3O2/c1-2-11-20(15-7-9-19-10-8-15)16(21)12-13-3-5-14(6-4-13)17(18)22/h3-6,15,19H,2,7-12H2,1H3,(H2,18,22). The van der Waals surface area contributed by atoms with E-state index in [0.717, 1.165) is 44.5 Å². The number of nitrogens with zero attached hydrogens (tertiary/aromatic N) is 1. The van der Waals surface area contributed by atoms with Gasteiger partial charge in [-0.1, -0.05) is 19.1 Å². The highest BCUT2D eigenvalue weighted by molar-refractivity contribution is 5.92. The number of carbonyl (C=O) groups is 2. The molecular formula is C17H25N3O2. The minimum Gasteiger partial charge on any atom is -0.366 e. The van der Waals surface area contributed by atoms with E-state index in [-0.39, 0.29) is 5.91 Å². The van der Waals surface area contributed by atoms with Gasteiger partial charge in [-0.25, -0.2) is 0 Å². The van der Waals surface area contributed by atoms with Gasteiger partial charge in [0.1, 0.15) is 0 Å². The molecule has 22 heavy (non-hydrogen) atoms. The molecule has 5 heteroatoms. The third-order valence-electron chi connectivity index (χ3n) is 4.13. The largest absolute Gasteiger partial charge is 0.366 e. The monoisotopic (exact) mass is 303 g/mol. The summed E-state index contributed by atoms with van der Waals surface area (Å²) in [5.74, 6) is -0.277. The molecule has 5 nitrogen and oxygen atoms in total. The summed E-state index contributed by atoms with van der Waals surface area (Å²) in [5.41, 5.74) is 6.62. The third kappa shape index (κ3) is 4.31. The van der Waals surface area contributed by atoms with Crippen molar-refractivity contribution in [2.45, 2.75) is 38.6 Å². The van der Waals surface area contributed by atoms with Crippen LogP contribution in [0.1, 0.15) is 42.1 Å². The second kappa shape index (κ2) is 7.94. The molecule has 2 rings (SSSR count). The van der Waals surface area contributed by atoms with Crippen LogP contribution in [-0.4, -0.2) is 42.4 Å². The molecule has 0 spiro atoms.